The molecule has 0 aromatic carbocycles. The molecule has 1 heterocycles. The van der Waals surface area contributed by atoms with Crippen LogP contribution in [0.25, 0.3) is 0 Å². The monoisotopic (exact) mass is 157 g/mol. The van der Waals surface area contributed by atoms with E-state index in [0.717, 1.165) is 12.5 Å². The molecule has 66 valence electrons. The summed E-state index contributed by atoms with van der Waals surface area (Å²) in [5.41, 5.74) is 0. The molecule has 0 amide bonds. The molecule has 0 spiro atoms. The van der Waals surface area contributed by atoms with Crippen LogP contribution in [0.1, 0.15) is 19.8 Å². The second-order valence-corrected chi connectivity index (χ2v) is 3.41. The van der Waals surface area contributed by atoms with Crippen molar-refractivity contribution in [1.29, 1.82) is 0 Å². The highest BCUT2D eigenvalue weighted by molar-refractivity contribution is 4.78. The van der Waals surface area contributed by atoms with Gasteiger partial charge in [-0.2, -0.15) is 0 Å². The Morgan fingerprint density at radius 1 is 1.45 bits per heavy atom. The Balaban J connectivity index is 1.92. The van der Waals surface area contributed by atoms with Crippen molar-refractivity contribution in [3.63, 3.8) is 0 Å². The minimum absolute atomic E-state index is 0.918. The summed E-state index contributed by atoms with van der Waals surface area (Å²) in [6.45, 7) is 7.06. The number of ether oxygens (including phenoxy) is 1. The fraction of sp³-hybridized carbons (Fsp3) is 1.00. The Hall–Kier alpha value is -0.0800. The zero-order valence-corrected chi connectivity index (χ0v) is 7.68. The lowest BCUT2D eigenvalue weighted by molar-refractivity contribution is 0.0695. The highest BCUT2D eigenvalue weighted by atomic mass is 16.5. The molecule has 0 unspecified atom stereocenters. The van der Waals surface area contributed by atoms with Gasteiger partial charge in [0.1, 0.15) is 0 Å². The van der Waals surface area contributed by atoms with Crippen LogP contribution in [0.3, 0.4) is 0 Å². The molecule has 0 saturated carbocycles. The summed E-state index contributed by atoms with van der Waals surface area (Å²) in [5, 5.41) is 0. The summed E-state index contributed by atoms with van der Waals surface area (Å²) in [6, 6.07) is 0. The molecule has 1 saturated heterocycles. The Labute approximate surface area is 69.5 Å². The third-order valence-electron chi connectivity index (χ3n) is 2.30. The van der Waals surface area contributed by atoms with Gasteiger partial charge in [-0.3, -0.25) is 0 Å². The van der Waals surface area contributed by atoms with Crippen molar-refractivity contribution in [2.75, 3.05) is 33.4 Å². The van der Waals surface area contributed by atoms with Crippen LogP contribution >= 0.6 is 0 Å². The van der Waals surface area contributed by atoms with Gasteiger partial charge in [-0.25, -0.2) is 0 Å². The molecule has 1 aliphatic rings. The minimum atomic E-state index is 0.918. The van der Waals surface area contributed by atoms with Crippen molar-refractivity contribution in [3.8, 4) is 0 Å². The molecule has 0 N–H and O–H groups in total. The molecular weight excluding hydrogens is 138 g/mol. The minimum Gasteiger partial charge on any atom is -0.385 e. The average Bonchev–Trinajstić information content (AvgIpc) is 1.94. The fourth-order valence-corrected chi connectivity index (χ4v) is 1.64. The van der Waals surface area contributed by atoms with Gasteiger partial charge in [-0.05, 0) is 25.3 Å². The van der Waals surface area contributed by atoms with Crippen LogP contribution in [0.5, 0.6) is 0 Å². The molecule has 1 rings (SSSR count). The molecule has 0 bridgehead atoms. The van der Waals surface area contributed by atoms with Crippen molar-refractivity contribution in [2.24, 2.45) is 5.92 Å². The van der Waals surface area contributed by atoms with Crippen LogP contribution in [0.4, 0.5) is 0 Å². The molecule has 0 aromatic rings. The molecule has 1 fully saturated rings. The molecule has 0 aromatic heterocycles. The summed E-state index contributed by atoms with van der Waals surface area (Å²) < 4.78 is 5.02. The first-order chi connectivity index (χ1) is 5.36. The maximum atomic E-state index is 5.02. The summed E-state index contributed by atoms with van der Waals surface area (Å²) in [7, 11) is 1.78. The quantitative estimate of drug-likeness (QED) is 0.597. The number of rotatable bonds is 5. The number of hydrogen-bond donors (Lipinski definition) is 0. The standard InChI is InChI=1S/C9H19NO/c1-3-5-10-7-9(8-10)4-6-11-2/h9H,3-8H2,1-2H3. The van der Waals surface area contributed by atoms with Crippen LogP contribution in [0, 0.1) is 5.92 Å². The van der Waals surface area contributed by atoms with Crippen LogP contribution < -0.4 is 0 Å². The molecular formula is C9H19NO. The van der Waals surface area contributed by atoms with Crippen molar-refractivity contribution < 1.29 is 4.74 Å². The van der Waals surface area contributed by atoms with Gasteiger partial charge in [0, 0.05) is 26.8 Å². The first-order valence-electron chi connectivity index (χ1n) is 4.58. The smallest absolute Gasteiger partial charge is 0.0465 e. The van der Waals surface area contributed by atoms with E-state index in [1.807, 2.05) is 0 Å². The van der Waals surface area contributed by atoms with Crippen molar-refractivity contribution in [1.82, 2.24) is 4.90 Å². The largest absolute Gasteiger partial charge is 0.385 e. The normalized spacial score (nSPS) is 20.2. The van der Waals surface area contributed by atoms with E-state index >= 15 is 0 Å². The van der Waals surface area contributed by atoms with Crippen molar-refractivity contribution in [3.05, 3.63) is 0 Å². The second kappa shape index (κ2) is 4.73. The number of nitrogens with zero attached hydrogens (tertiary/aromatic N) is 1. The molecule has 1 aliphatic heterocycles. The number of likely N-dealkylation sites (tertiary alicyclic amines) is 1. The fourth-order valence-electron chi connectivity index (χ4n) is 1.64. The van der Waals surface area contributed by atoms with E-state index in [4.69, 9.17) is 4.74 Å². The van der Waals surface area contributed by atoms with Gasteiger partial charge in [0.2, 0.25) is 0 Å². The topological polar surface area (TPSA) is 12.5 Å². The van der Waals surface area contributed by atoms with Gasteiger partial charge in [-0.1, -0.05) is 6.92 Å². The van der Waals surface area contributed by atoms with Gasteiger partial charge >= 0.3 is 0 Å². The van der Waals surface area contributed by atoms with E-state index in [9.17, 15) is 0 Å². The third-order valence-corrected chi connectivity index (χ3v) is 2.30. The molecule has 0 radical (unpaired) electrons. The Kier molecular flexibility index (Phi) is 3.87. The van der Waals surface area contributed by atoms with Gasteiger partial charge in [0.15, 0.2) is 0 Å². The summed E-state index contributed by atoms with van der Waals surface area (Å²) in [5.74, 6) is 0.918. The second-order valence-electron chi connectivity index (χ2n) is 3.41. The van der Waals surface area contributed by atoms with Gasteiger partial charge in [0.25, 0.3) is 0 Å². The van der Waals surface area contributed by atoms with E-state index in [-0.39, 0.29) is 0 Å². The average molecular weight is 157 g/mol. The lowest BCUT2D eigenvalue weighted by atomic mass is 9.97. The van der Waals surface area contributed by atoms with E-state index in [1.165, 1.54) is 32.5 Å². The lowest BCUT2D eigenvalue weighted by Gasteiger charge is -2.39. The van der Waals surface area contributed by atoms with Crippen molar-refractivity contribution >= 4 is 0 Å². The number of methoxy groups -OCH3 is 1. The maximum Gasteiger partial charge on any atom is 0.0465 e. The Morgan fingerprint density at radius 2 is 2.18 bits per heavy atom. The third kappa shape index (κ3) is 2.80. The number of hydrogen-bond acceptors (Lipinski definition) is 2. The van der Waals surface area contributed by atoms with Gasteiger partial charge in [-0.15, -0.1) is 0 Å². The van der Waals surface area contributed by atoms with E-state index < -0.39 is 0 Å². The van der Waals surface area contributed by atoms with Gasteiger partial charge < -0.3 is 9.64 Å². The molecule has 11 heavy (non-hydrogen) atoms. The predicted molar refractivity (Wildman–Crippen MR) is 46.7 cm³/mol. The van der Waals surface area contributed by atoms with Crippen LogP contribution in [-0.4, -0.2) is 38.3 Å². The van der Waals surface area contributed by atoms with Gasteiger partial charge in [0.05, 0.1) is 0 Å². The zero-order valence-electron chi connectivity index (χ0n) is 7.68. The van der Waals surface area contributed by atoms with Crippen LogP contribution in [-0.2, 0) is 4.74 Å². The highest BCUT2D eigenvalue weighted by Crippen LogP contribution is 2.18. The van der Waals surface area contributed by atoms with E-state index in [2.05, 4.69) is 11.8 Å². The SMILES string of the molecule is CCCN1CC(CCOC)C1. The van der Waals surface area contributed by atoms with Crippen molar-refractivity contribution in [2.45, 2.75) is 19.8 Å². The molecule has 2 nitrogen and oxygen atoms in total. The lowest BCUT2D eigenvalue weighted by Crippen LogP contribution is -2.47. The zero-order chi connectivity index (χ0) is 8.10. The maximum absolute atomic E-state index is 5.02. The van der Waals surface area contributed by atoms with E-state index in [1.54, 1.807) is 7.11 Å². The summed E-state index contributed by atoms with van der Waals surface area (Å²) >= 11 is 0. The van der Waals surface area contributed by atoms with Crippen LogP contribution in [0.2, 0.25) is 0 Å². The Bertz CT molecular complexity index is 99.7. The van der Waals surface area contributed by atoms with Crippen LogP contribution in [0.15, 0.2) is 0 Å². The summed E-state index contributed by atoms with van der Waals surface area (Å²) in [6.07, 6.45) is 2.54. The predicted octanol–water partition coefficient (Wildman–Crippen LogP) is 1.36. The molecule has 2 heteroatoms. The van der Waals surface area contributed by atoms with E-state index in [0.29, 0.717) is 0 Å². The summed E-state index contributed by atoms with van der Waals surface area (Å²) in [4.78, 5) is 2.51. The molecule has 0 aliphatic carbocycles. The Morgan fingerprint density at radius 3 is 2.73 bits per heavy atom. The molecule has 0 atom stereocenters. The highest BCUT2D eigenvalue weighted by Gasteiger charge is 2.24. The first-order valence-corrected chi connectivity index (χ1v) is 4.58. The first kappa shape index (κ1) is 9.01.